The second kappa shape index (κ2) is 6.89. The van der Waals surface area contributed by atoms with Crippen LogP contribution in [0.3, 0.4) is 0 Å². The number of allylic oxidation sites excluding steroid dienone is 1. The zero-order valence-electron chi connectivity index (χ0n) is 11.4. The second-order valence-electron chi connectivity index (χ2n) is 4.98. The van der Waals surface area contributed by atoms with Crippen LogP contribution in [-0.2, 0) is 17.9 Å². The first-order valence-electron chi connectivity index (χ1n) is 6.91. The molecule has 2 rings (SSSR count). The highest BCUT2D eigenvalue weighted by atomic mass is 16.4. The van der Waals surface area contributed by atoms with Gasteiger partial charge in [0.15, 0.2) is 0 Å². The summed E-state index contributed by atoms with van der Waals surface area (Å²) in [6.45, 7) is 0.946. The predicted octanol–water partition coefficient (Wildman–Crippen LogP) is 3.45. The summed E-state index contributed by atoms with van der Waals surface area (Å²) in [6.07, 6.45) is 7.75. The number of hydrogen-bond donors (Lipinski definition) is 1. The number of amides is 1. The third-order valence-corrected chi connectivity index (χ3v) is 3.53. The van der Waals surface area contributed by atoms with Crippen molar-refractivity contribution < 1.29 is 14.7 Å². The molecule has 0 atom stereocenters. The summed E-state index contributed by atoms with van der Waals surface area (Å²) in [6, 6.07) is 5.97. The lowest BCUT2D eigenvalue weighted by atomic mass is 10.0. The molecular weight excluding hydrogens is 254 g/mol. The molecule has 106 valence electrons. The Balaban J connectivity index is 1.97. The minimum absolute atomic E-state index is 0.469. The van der Waals surface area contributed by atoms with Crippen LogP contribution >= 0.6 is 0 Å². The molecule has 1 aliphatic rings. The van der Waals surface area contributed by atoms with Gasteiger partial charge in [0.2, 0.25) is 0 Å². The van der Waals surface area contributed by atoms with Crippen molar-refractivity contribution in [2.45, 2.75) is 38.8 Å². The molecule has 1 heterocycles. The maximum absolute atomic E-state index is 11.0. The van der Waals surface area contributed by atoms with E-state index in [0.29, 0.717) is 19.5 Å². The van der Waals surface area contributed by atoms with Crippen LogP contribution < -0.4 is 0 Å². The highest BCUT2D eigenvalue weighted by Crippen LogP contribution is 2.26. The van der Waals surface area contributed by atoms with Crippen LogP contribution in [0.1, 0.15) is 42.4 Å². The van der Waals surface area contributed by atoms with E-state index in [-0.39, 0.29) is 0 Å². The molecule has 4 nitrogen and oxygen atoms in total. The highest BCUT2D eigenvalue weighted by Gasteiger charge is 2.23. The Kier molecular flexibility index (Phi) is 4.93. The van der Waals surface area contributed by atoms with Gasteiger partial charge in [-0.3, -0.25) is 4.90 Å². The number of benzene rings is 1. The Morgan fingerprint density at radius 1 is 1.25 bits per heavy atom. The first kappa shape index (κ1) is 14.3. The van der Waals surface area contributed by atoms with Crippen molar-refractivity contribution >= 4 is 18.5 Å². The van der Waals surface area contributed by atoms with E-state index in [1.165, 1.54) is 4.90 Å². The molecule has 1 aliphatic heterocycles. The SMILES string of the molecule is O=CCCCC/C=C/c1cccc2c1CN(C(=O)O)C2. The van der Waals surface area contributed by atoms with Crippen LogP contribution in [0.25, 0.3) is 6.08 Å². The Labute approximate surface area is 118 Å². The zero-order valence-corrected chi connectivity index (χ0v) is 11.4. The monoisotopic (exact) mass is 273 g/mol. The molecule has 1 amide bonds. The zero-order chi connectivity index (χ0) is 14.4. The number of unbranched alkanes of at least 4 members (excludes halogenated alkanes) is 3. The van der Waals surface area contributed by atoms with Gasteiger partial charge in [-0.15, -0.1) is 0 Å². The number of fused-ring (bicyclic) bond motifs is 1. The number of hydrogen-bond acceptors (Lipinski definition) is 2. The van der Waals surface area contributed by atoms with Crippen molar-refractivity contribution in [1.82, 2.24) is 4.90 Å². The largest absolute Gasteiger partial charge is 0.465 e. The Hall–Kier alpha value is -2.10. The van der Waals surface area contributed by atoms with Crippen molar-refractivity contribution in [3.05, 3.63) is 41.0 Å². The van der Waals surface area contributed by atoms with E-state index in [9.17, 15) is 9.59 Å². The summed E-state index contributed by atoms with van der Waals surface area (Å²) in [5.74, 6) is 0. The quantitative estimate of drug-likeness (QED) is 0.638. The van der Waals surface area contributed by atoms with Gasteiger partial charge in [0.1, 0.15) is 6.29 Å². The molecule has 1 aromatic rings. The van der Waals surface area contributed by atoms with E-state index in [1.54, 1.807) is 0 Å². The summed E-state index contributed by atoms with van der Waals surface area (Å²) in [4.78, 5) is 22.6. The number of aldehydes is 1. The van der Waals surface area contributed by atoms with Crippen LogP contribution in [0.5, 0.6) is 0 Å². The van der Waals surface area contributed by atoms with Crippen LogP contribution in [0.4, 0.5) is 4.79 Å². The normalized spacial score (nSPS) is 13.7. The average Bonchev–Trinajstić information content (AvgIpc) is 2.87. The Morgan fingerprint density at radius 2 is 2.05 bits per heavy atom. The van der Waals surface area contributed by atoms with E-state index in [2.05, 4.69) is 12.2 Å². The van der Waals surface area contributed by atoms with Crippen LogP contribution in [-0.4, -0.2) is 22.4 Å². The first-order chi connectivity index (χ1) is 9.72. The van der Waals surface area contributed by atoms with E-state index in [1.807, 2.05) is 18.2 Å². The molecule has 0 spiro atoms. The van der Waals surface area contributed by atoms with Gasteiger partial charge in [-0.05, 0) is 36.0 Å². The molecule has 0 aromatic heterocycles. The van der Waals surface area contributed by atoms with Crippen molar-refractivity contribution in [2.75, 3.05) is 0 Å². The Morgan fingerprint density at radius 3 is 2.80 bits per heavy atom. The number of rotatable bonds is 6. The lowest BCUT2D eigenvalue weighted by Gasteiger charge is -2.09. The molecule has 0 aliphatic carbocycles. The standard InChI is InChI=1S/C16H19NO3/c18-10-5-3-1-2-4-7-13-8-6-9-14-11-17(16(19)20)12-15(13)14/h4,6-10H,1-3,5,11-12H2,(H,19,20)/b7-4+. The third kappa shape index (κ3) is 3.47. The number of carboxylic acid groups (broad SMARTS) is 1. The molecule has 20 heavy (non-hydrogen) atoms. The third-order valence-electron chi connectivity index (χ3n) is 3.53. The molecule has 1 aromatic carbocycles. The van der Waals surface area contributed by atoms with E-state index in [0.717, 1.165) is 42.2 Å². The van der Waals surface area contributed by atoms with Gasteiger partial charge < -0.3 is 9.90 Å². The summed E-state index contributed by atoms with van der Waals surface area (Å²) >= 11 is 0. The van der Waals surface area contributed by atoms with Crippen molar-refractivity contribution in [2.24, 2.45) is 0 Å². The lowest BCUT2D eigenvalue weighted by Crippen LogP contribution is -2.22. The molecule has 0 fully saturated rings. The summed E-state index contributed by atoms with van der Waals surface area (Å²) in [5.41, 5.74) is 3.30. The van der Waals surface area contributed by atoms with Gasteiger partial charge in [-0.2, -0.15) is 0 Å². The molecule has 0 bridgehead atoms. The minimum atomic E-state index is -0.870. The molecular formula is C16H19NO3. The van der Waals surface area contributed by atoms with Gasteiger partial charge in [-0.1, -0.05) is 30.4 Å². The van der Waals surface area contributed by atoms with Crippen molar-refractivity contribution in [3.63, 3.8) is 0 Å². The fraction of sp³-hybridized carbons (Fsp3) is 0.375. The smallest absolute Gasteiger partial charge is 0.407 e. The van der Waals surface area contributed by atoms with Gasteiger partial charge in [-0.25, -0.2) is 4.79 Å². The van der Waals surface area contributed by atoms with Crippen molar-refractivity contribution in [3.8, 4) is 0 Å². The maximum Gasteiger partial charge on any atom is 0.407 e. The topological polar surface area (TPSA) is 57.6 Å². The number of carbonyl (C=O) groups excluding carboxylic acids is 1. The molecule has 1 N–H and O–H groups in total. The summed E-state index contributed by atoms with van der Waals surface area (Å²) in [5, 5.41) is 9.05. The van der Waals surface area contributed by atoms with Crippen LogP contribution in [0.15, 0.2) is 24.3 Å². The molecule has 0 unspecified atom stereocenters. The fourth-order valence-electron chi connectivity index (χ4n) is 2.44. The molecule has 0 saturated carbocycles. The van der Waals surface area contributed by atoms with E-state index < -0.39 is 6.09 Å². The lowest BCUT2D eigenvalue weighted by molar-refractivity contribution is -0.107. The second-order valence-corrected chi connectivity index (χ2v) is 4.98. The van der Waals surface area contributed by atoms with Crippen molar-refractivity contribution in [1.29, 1.82) is 0 Å². The van der Waals surface area contributed by atoms with Gasteiger partial charge >= 0.3 is 6.09 Å². The molecule has 0 saturated heterocycles. The first-order valence-corrected chi connectivity index (χ1v) is 6.91. The molecule has 0 radical (unpaired) electrons. The fourth-order valence-corrected chi connectivity index (χ4v) is 2.44. The van der Waals surface area contributed by atoms with E-state index in [4.69, 9.17) is 5.11 Å². The van der Waals surface area contributed by atoms with E-state index >= 15 is 0 Å². The summed E-state index contributed by atoms with van der Waals surface area (Å²) in [7, 11) is 0. The summed E-state index contributed by atoms with van der Waals surface area (Å²) < 4.78 is 0. The predicted molar refractivity (Wildman–Crippen MR) is 77.3 cm³/mol. The Bertz CT molecular complexity index is 522. The average molecular weight is 273 g/mol. The maximum atomic E-state index is 11.0. The number of nitrogens with zero attached hydrogens (tertiary/aromatic N) is 1. The van der Waals surface area contributed by atoms with Gasteiger partial charge in [0.25, 0.3) is 0 Å². The van der Waals surface area contributed by atoms with Gasteiger partial charge in [0.05, 0.1) is 6.54 Å². The van der Waals surface area contributed by atoms with Crippen LogP contribution in [0, 0.1) is 0 Å². The molecule has 4 heteroatoms. The number of carbonyl (C=O) groups is 2. The highest BCUT2D eigenvalue weighted by molar-refractivity contribution is 5.68. The minimum Gasteiger partial charge on any atom is -0.465 e. The van der Waals surface area contributed by atoms with Gasteiger partial charge in [0, 0.05) is 13.0 Å². The van der Waals surface area contributed by atoms with Crippen LogP contribution in [0.2, 0.25) is 0 Å².